The molecule has 0 spiro atoms. The van der Waals surface area contributed by atoms with E-state index in [1.165, 1.54) is 154 Å². The van der Waals surface area contributed by atoms with Crippen LogP contribution in [0.3, 0.4) is 0 Å². The zero-order valence-corrected chi connectivity index (χ0v) is 41.6. The fourth-order valence-corrected chi connectivity index (χ4v) is 9.85. The first-order valence-electron chi connectivity index (χ1n) is 24.2. The number of rotatable bonds is 37. The van der Waals surface area contributed by atoms with Gasteiger partial charge in [0, 0.05) is 6.42 Å². The number of carbonyl (C=O) groups is 1. The molecule has 0 rings (SSSR count). The smallest absolute Gasteiger partial charge is 0.220 e. The van der Waals surface area contributed by atoms with Gasteiger partial charge >= 0.3 is 0 Å². The largest absolute Gasteiger partial charge is 0.411 e. The van der Waals surface area contributed by atoms with Crippen LogP contribution in [-0.2, 0) is 13.6 Å². The summed E-state index contributed by atoms with van der Waals surface area (Å²) in [7, 11) is -4.40. The zero-order valence-electron chi connectivity index (χ0n) is 39.6. The molecule has 0 saturated heterocycles. The maximum absolute atomic E-state index is 13.4. The van der Waals surface area contributed by atoms with Gasteiger partial charge in [-0.15, -0.1) is 0 Å². The molecule has 3 atom stereocenters. The van der Waals surface area contributed by atoms with Gasteiger partial charge < -0.3 is 19.3 Å². The van der Waals surface area contributed by atoms with Crippen LogP contribution in [0.1, 0.15) is 242 Å². The second-order valence-corrected chi connectivity index (χ2v) is 30.0. The van der Waals surface area contributed by atoms with E-state index in [-0.39, 0.29) is 34.8 Å². The Hall–Kier alpha value is -0.216. The summed E-state index contributed by atoms with van der Waals surface area (Å²) in [4.78, 5) is 13.4. The standard InChI is InChI=1S/C48H101NO4Si2/c1-13-15-17-19-21-22-23-24-25-26-27-28-29-30-31-32-33-34-35-37-39-41-45(51)49-43(42-50)46(53-55(11,12)48(6,7)8)44(40-38-36-20-18-16-14-2)52-54(9,10)47(3,4)5/h43-44,46,50H,13-42H2,1-12H3,(H,49,51)/t43-,44+,46?/m0/s1. The molecule has 0 aliphatic heterocycles. The minimum atomic E-state index is -2.24. The average molecular weight is 813 g/mol. The van der Waals surface area contributed by atoms with Crippen molar-refractivity contribution in [1.29, 1.82) is 0 Å². The Morgan fingerprint density at radius 2 is 0.818 bits per heavy atom. The topological polar surface area (TPSA) is 67.8 Å². The van der Waals surface area contributed by atoms with E-state index in [2.05, 4.69) is 86.9 Å². The first-order chi connectivity index (χ1) is 25.9. The molecule has 0 aromatic rings. The minimum Gasteiger partial charge on any atom is -0.411 e. The van der Waals surface area contributed by atoms with E-state index < -0.39 is 22.7 Å². The Kier molecular flexibility index (Phi) is 31.5. The molecule has 0 bridgehead atoms. The van der Waals surface area contributed by atoms with Gasteiger partial charge in [-0.2, -0.15) is 0 Å². The number of aliphatic hydroxyl groups excluding tert-OH is 1. The highest BCUT2D eigenvalue weighted by Gasteiger charge is 2.46. The Labute approximate surface area is 348 Å². The van der Waals surface area contributed by atoms with Crippen molar-refractivity contribution >= 4 is 22.5 Å². The van der Waals surface area contributed by atoms with Crippen molar-refractivity contribution in [3.05, 3.63) is 0 Å². The lowest BCUT2D eigenvalue weighted by atomic mass is 9.99. The van der Waals surface area contributed by atoms with Crippen LogP contribution in [-0.4, -0.2) is 52.5 Å². The van der Waals surface area contributed by atoms with E-state index in [4.69, 9.17) is 8.85 Å². The molecular weight excluding hydrogens is 711 g/mol. The number of carbonyl (C=O) groups excluding carboxylic acids is 1. The molecule has 0 aliphatic rings. The van der Waals surface area contributed by atoms with Crippen LogP contribution in [0.2, 0.25) is 36.3 Å². The van der Waals surface area contributed by atoms with E-state index in [0.29, 0.717) is 6.42 Å². The predicted octanol–water partition coefficient (Wildman–Crippen LogP) is 15.6. The van der Waals surface area contributed by atoms with Crippen LogP contribution in [0, 0.1) is 0 Å². The van der Waals surface area contributed by atoms with Crippen LogP contribution in [0.15, 0.2) is 0 Å². The highest BCUT2D eigenvalue weighted by molar-refractivity contribution is 6.74. The number of hydrogen-bond donors (Lipinski definition) is 2. The normalized spacial score (nSPS) is 14.6. The van der Waals surface area contributed by atoms with Crippen molar-refractivity contribution in [2.75, 3.05) is 6.61 Å². The Morgan fingerprint density at radius 1 is 0.509 bits per heavy atom. The molecule has 0 fully saturated rings. The summed E-state index contributed by atoms with van der Waals surface area (Å²) in [5.41, 5.74) is 0. The van der Waals surface area contributed by atoms with Crippen LogP contribution in [0.5, 0.6) is 0 Å². The maximum atomic E-state index is 13.4. The van der Waals surface area contributed by atoms with Gasteiger partial charge in [0.25, 0.3) is 0 Å². The molecule has 0 aliphatic carbocycles. The van der Waals surface area contributed by atoms with Crippen molar-refractivity contribution in [2.45, 2.75) is 296 Å². The molecule has 0 radical (unpaired) electrons. The summed E-state index contributed by atoms with van der Waals surface area (Å²) in [5.74, 6) is 0.0336. The highest BCUT2D eigenvalue weighted by Crippen LogP contribution is 2.41. The van der Waals surface area contributed by atoms with Crippen molar-refractivity contribution in [2.24, 2.45) is 0 Å². The van der Waals surface area contributed by atoms with Gasteiger partial charge in [0.2, 0.25) is 5.91 Å². The second-order valence-electron chi connectivity index (χ2n) is 20.5. The van der Waals surface area contributed by atoms with E-state index in [1.807, 2.05) is 0 Å². The van der Waals surface area contributed by atoms with E-state index >= 15 is 0 Å². The Morgan fingerprint density at radius 3 is 1.15 bits per heavy atom. The van der Waals surface area contributed by atoms with Gasteiger partial charge in [-0.1, -0.05) is 222 Å². The summed E-state index contributed by atoms with van der Waals surface area (Å²) in [6.45, 7) is 27.3. The second kappa shape index (κ2) is 31.7. The van der Waals surface area contributed by atoms with Gasteiger partial charge in [0.15, 0.2) is 16.6 Å². The van der Waals surface area contributed by atoms with Crippen molar-refractivity contribution in [3.63, 3.8) is 0 Å². The fourth-order valence-electron chi connectivity index (χ4n) is 7.13. The number of aliphatic hydroxyl groups is 1. The monoisotopic (exact) mass is 812 g/mol. The Balaban J connectivity index is 4.81. The first-order valence-corrected chi connectivity index (χ1v) is 30.0. The van der Waals surface area contributed by atoms with Gasteiger partial charge in [-0.25, -0.2) is 0 Å². The third-order valence-electron chi connectivity index (χ3n) is 13.1. The number of unbranched alkanes of at least 4 members (excludes halogenated alkanes) is 25. The molecule has 2 N–H and O–H groups in total. The van der Waals surface area contributed by atoms with E-state index in [9.17, 15) is 9.90 Å². The van der Waals surface area contributed by atoms with Gasteiger partial charge in [0.05, 0.1) is 24.9 Å². The number of hydrogen-bond acceptors (Lipinski definition) is 4. The fraction of sp³-hybridized carbons (Fsp3) is 0.979. The summed E-state index contributed by atoms with van der Waals surface area (Å²) in [5, 5.41) is 14.2. The number of nitrogens with one attached hydrogen (secondary N) is 1. The lowest BCUT2D eigenvalue weighted by Crippen LogP contribution is -2.59. The molecule has 55 heavy (non-hydrogen) atoms. The molecule has 5 nitrogen and oxygen atoms in total. The molecule has 330 valence electrons. The SMILES string of the molecule is CCCCCCCCCCCCCCCCCCCCCCCC(=O)N[C@@H](CO)C(O[Si](C)(C)C(C)(C)C)[C@@H](CCCCCCCC)O[Si](C)(C)C(C)(C)C. The van der Waals surface area contributed by atoms with E-state index in [1.54, 1.807) is 0 Å². The molecule has 7 heteroatoms. The van der Waals surface area contributed by atoms with Gasteiger partial charge in [-0.3, -0.25) is 4.79 Å². The quantitative estimate of drug-likeness (QED) is 0.0484. The van der Waals surface area contributed by atoms with Crippen LogP contribution in [0.4, 0.5) is 0 Å². The summed E-state index contributed by atoms with van der Waals surface area (Å²) in [6.07, 6.45) is 36.7. The molecule has 0 aromatic carbocycles. The molecule has 1 unspecified atom stereocenters. The third kappa shape index (κ3) is 27.2. The lowest BCUT2D eigenvalue weighted by molar-refractivity contribution is -0.124. The van der Waals surface area contributed by atoms with Gasteiger partial charge in [0.1, 0.15) is 0 Å². The van der Waals surface area contributed by atoms with Crippen LogP contribution in [0.25, 0.3) is 0 Å². The summed E-state index contributed by atoms with van der Waals surface area (Å²) in [6, 6.07) is -0.480. The average Bonchev–Trinajstić information content (AvgIpc) is 3.10. The van der Waals surface area contributed by atoms with Crippen molar-refractivity contribution in [3.8, 4) is 0 Å². The van der Waals surface area contributed by atoms with Crippen LogP contribution >= 0.6 is 0 Å². The molecule has 0 heterocycles. The number of amides is 1. The third-order valence-corrected chi connectivity index (χ3v) is 22.1. The molecule has 0 saturated carbocycles. The molecule has 1 amide bonds. The summed E-state index contributed by atoms with van der Waals surface area (Å²) < 4.78 is 14.4. The molecule has 0 aromatic heterocycles. The molecular formula is C48H101NO4Si2. The zero-order chi connectivity index (χ0) is 41.6. The van der Waals surface area contributed by atoms with E-state index in [0.717, 1.165) is 25.7 Å². The van der Waals surface area contributed by atoms with Crippen molar-refractivity contribution in [1.82, 2.24) is 5.32 Å². The first kappa shape index (κ1) is 54.8. The summed E-state index contributed by atoms with van der Waals surface area (Å²) >= 11 is 0. The van der Waals surface area contributed by atoms with Crippen LogP contribution < -0.4 is 5.32 Å². The van der Waals surface area contributed by atoms with Gasteiger partial charge in [-0.05, 0) is 49.1 Å². The minimum absolute atomic E-state index is 0.00309. The Bertz CT molecular complexity index is 897. The maximum Gasteiger partial charge on any atom is 0.220 e. The predicted molar refractivity (Wildman–Crippen MR) is 248 cm³/mol. The van der Waals surface area contributed by atoms with Crippen molar-refractivity contribution < 1.29 is 18.8 Å². The lowest BCUT2D eigenvalue weighted by Gasteiger charge is -2.47. The highest BCUT2D eigenvalue weighted by atomic mass is 28.4.